The Labute approximate surface area is 90.5 Å². The summed E-state index contributed by atoms with van der Waals surface area (Å²) in [6.45, 7) is 0. The van der Waals surface area contributed by atoms with Crippen LogP contribution in [0.3, 0.4) is 0 Å². The van der Waals surface area contributed by atoms with E-state index >= 15 is 0 Å². The Morgan fingerprint density at radius 1 is 1.21 bits per heavy atom. The fraction of sp³-hybridized carbons (Fsp3) is 0. The number of hydrogen-bond donors (Lipinski definition) is 1. The van der Waals surface area contributed by atoms with Crippen molar-refractivity contribution in [3.8, 4) is 11.4 Å². The van der Waals surface area contributed by atoms with Gasteiger partial charge in [0.2, 0.25) is 0 Å². The van der Waals surface area contributed by atoms with Crippen molar-refractivity contribution in [2.45, 2.75) is 0 Å². The molecule has 5 heteroatoms. The van der Waals surface area contributed by atoms with Crippen molar-refractivity contribution in [3.63, 3.8) is 0 Å². The van der Waals surface area contributed by atoms with Crippen LogP contribution >= 0.6 is 23.2 Å². The first kappa shape index (κ1) is 9.37. The molecule has 0 aliphatic carbocycles. The largest absolute Gasteiger partial charge is 0.505 e. The predicted molar refractivity (Wildman–Crippen MR) is 55.2 cm³/mol. The lowest BCUT2D eigenvalue weighted by Gasteiger charge is -2.02. The fourth-order valence-corrected chi connectivity index (χ4v) is 1.37. The average molecular weight is 229 g/mol. The van der Waals surface area contributed by atoms with Crippen LogP contribution in [0.15, 0.2) is 30.6 Å². The van der Waals surface area contributed by atoms with E-state index in [-0.39, 0.29) is 5.75 Å². The molecule has 0 spiro atoms. The molecule has 0 saturated carbocycles. The Bertz CT molecular complexity index is 468. The second kappa shape index (κ2) is 3.52. The van der Waals surface area contributed by atoms with Crippen LogP contribution in [-0.2, 0) is 0 Å². The van der Waals surface area contributed by atoms with Gasteiger partial charge in [-0.05, 0) is 18.2 Å². The van der Waals surface area contributed by atoms with Crippen LogP contribution in [0.2, 0.25) is 10.0 Å². The third-order valence-corrected chi connectivity index (χ3v) is 2.48. The molecule has 0 atom stereocenters. The molecule has 0 aliphatic heterocycles. The van der Waals surface area contributed by atoms with E-state index in [0.717, 1.165) is 5.69 Å². The summed E-state index contributed by atoms with van der Waals surface area (Å²) in [5.41, 5.74) is 0.750. The quantitative estimate of drug-likeness (QED) is 0.816. The molecule has 0 aliphatic rings. The second-order valence-electron chi connectivity index (χ2n) is 2.74. The van der Waals surface area contributed by atoms with Gasteiger partial charge in [-0.1, -0.05) is 23.2 Å². The number of aromatic nitrogens is 2. The number of hydrogen-bond acceptors (Lipinski definition) is 2. The molecule has 0 unspecified atom stereocenters. The molecule has 2 aromatic rings. The van der Waals surface area contributed by atoms with Crippen molar-refractivity contribution in [2.24, 2.45) is 0 Å². The summed E-state index contributed by atoms with van der Waals surface area (Å²) in [6.07, 6.45) is 2.84. The highest BCUT2D eigenvalue weighted by Crippen LogP contribution is 2.24. The average Bonchev–Trinajstić information content (AvgIpc) is 2.57. The van der Waals surface area contributed by atoms with E-state index in [2.05, 4.69) is 5.10 Å². The lowest BCUT2D eigenvalue weighted by Crippen LogP contribution is -1.93. The summed E-state index contributed by atoms with van der Waals surface area (Å²) in [4.78, 5) is 0. The van der Waals surface area contributed by atoms with Gasteiger partial charge in [0.1, 0.15) is 0 Å². The van der Waals surface area contributed by atoms with Crippen LogP contribution in [0, 0.1) is 0 Å². The molecule has 0 amide bonds. The molecule has 0 bridgehead atoms. The molecule has 1 N–H and O–H groups in total. The zero-order valence-corrected chi connectivity index (χ0v) is 8.50. The first-order valence-corrected chi connectivity index (χ1v) is 4.61. The molecule has 0 saturated heterocycles. The van der Waals surface area contributed by atoms with Crippen molar-refractivity contribution in [1.82, 2.24) is 9.78 Å². The summed E-state index contributed by atoms with van der Waals surface area (Å²) >= 11 is 11.6. The van der Waals surface area contributed by atoms with E-state index in [0.29, 0.717) is 10.0 Å². The van der Waals surface area contributed by atoms with Crippen molar-refractivity contribution in [2.75, 3.05) is 0 Å². The van der Waals surface area contributed by atoms with Gasteiger partial charge in [-0.25, -0.2) is 4.68 Å². The highest BCUT2D eigenvalue weighted by Gasteiger charge is 2.02. The highest BCUT2D eigenvalue weighted by molar-refractivity contribution is 6.42. The van der Waals surface area contributed by atoms with Gasteiger partial charge >= 0.3 is 0 Å². The van der Waals surface area contributed by atoms with Crippen molar-refractivity contribution < 1.29 is 5.11 Å². The van der Waals surface area contributed by atoms with Gasteiger partial charge in [-0.2, -0.15) is 5.10 Å². The molecule has 2 rings (SSSR count). The van der Waals surface area contributed by atoms with Gasteiger partial charge in [0.15, 0.2) is 5.75 Å². The summed E-state index contributed by atoms with van der Waals surface area (Å²) in [7, 11) is 0. The zero-order valence-electron chi connectivity index (χ0n) is 6.98. The Morgan fingerprint density at radius 2 is 2.00 bits per heavy atom. The highest BCUT2D eigenvalue weighted by atomic mass is 35.5. The molecular weight excluding hydrogens is 223 g/mol. The maximum Gasteiger partial charge on any atom is 0.153 e. The van der Waals surface area contributed by atoms with Crippen LogP contribution < -0.4 is 0 Å². The van der Waals surface area contributed by atoms with Gasteiger partial charge in [-0.15, -0.1) is 0 Å². The Kier molecular flexibility index (Phi) is 2.35. The normalized spacial score (nSPS) is 10.4. The van der Waals surface area contributed by atoms with Gasteiger partial charge in [0, 0.05) is 0 Å². The summed E-state index contributed by atoms with van der Waals surface area (Å²) < 4.78 is 1.51. The molecule has 3 nitrogen and oxygen atoms in total. The van der Waals surface area contributed by atoms with E-state index in [9.17, 15) is 0 Å². The first-order valence-electron chi connectivity index (χ1n) is 3.86. The van der Waals surface area contributed by atoms with E-state index in [1.807, 2.05) is 0 Å². The molecule has 14 heavy (non-hydrogen) atoms. The Balaban J connectivity index is 2.47. The van der Waals surface area contributed by atoms with Crippen molar-refractivity contribution >= 4 is 23.2 Å². The topological polar surface area (TPSA) is 38.1 Å². The number of benzene rings is 1. The predicted octanol–water partition coefficient (Wildman–Crippen LogP) is 2.88. The van der Waals surface area contributed by atoms with E-state index in [1.54, 1.807) is 18.2 Å². The van der Waals surface area contributed by atoms with Gasteiger partial charge in [-0.3, -0.25) is 0 Å². The third kappa shape index (κ3) is 1.69. The van der Waals surface area contributed by atoms with Gasteiger partial charge in [0.25, 0.3) is 0 Å². The number of nitrogens with zero attached hydrogens (tertiary/aromatic N) is 2. The van der Waals surface area contributed by atoms with Crippen LogP contribution in [-0.4, -0.2) is 14.9 Å². The van der Waals surface area contributed by atoms with Crippen LogP contribution in [0.1, 0.15) is 0 Å². The minimum absolute atomic E-state index is 0.107. The molecule has 1 aromatic heterocycles. The minimum Gasteiger partial charge on any atom is -0.505 e. The summed E-state index contributed by atoms with van der Waals surface area (Å²) in [5, 5.41) is 14.0. The maximum absolute atomic E-state index is 9.10. The van der Waals surface area contributed by atoms with Crippen molar-refractivity contribution in [1.29, 1.82) is 0 Å². The third-order valence-electron chi connectivity index (χ3n) is 1.74. The number of halogens is 2. The van der Waals surface area contributed by atoms with Crippen LogP contribution in [0.4, 0.5) is 0 Å². The lowest BCUT2D eigenvalue weighted by atomic mass is 10.3. The van der Waals surface area contributed by atoms with E-state index in [1.165, 1.54) is 17.1 Å². The number of aromatic hydroxyl groups is 1. The maximum atomic E-state index is 9.10. The fourth-order valence-electron chi connectivity index (χ4n) is 1.08. The Morgan fingerprint density at radius 3 is 2.57 bits per heavy atom. The molecule has 72 valence electrons. The van der Waals surface area contributed by atoms with Gasteiger partial charge in [0.05, 0.1) is 28.1 Å². The zero-order chi connectivity index (χ0) is 10.1. The SMILES string of the molecule is Oc1cnn(-c2ccc(Cl)c(Cl)c2)c1. The summed E-state index contributed by atoms with van der Waals surface area (Å²) in [5.74, 6) is 0.107. The molecule has 1 heterocycles. The molecule has 0 radical (unpaired) electrons. The first-order chi connectivity index (χ1) is 6.66. The molecular formula is C9H6Cl2N2O. The minimum atomic E-state index is 0.107. The standard InChI is InChI=1S/C9H6Cl2N2O/c10-8-2-1-6(3-9(8)11)13-5-7(14)4-12-13/h1-5,14H. The molecule has 1 aromatic carbocycles. The lowest BCUT2D eigenvalue weighted by molar-refractivity contribution is 0.475. The van der Waals surface area contributed by atoms with E-state index < -0.39 is 0 Å². The van der Waals surface area contributed by atoms with Crippen LogP contribution in [0.5, 0.6) is 5.75 Å². The number of rotatable bonds is 1. The molecule has 0 fully saturated rings. The smallest absolute Gasteiger partial charge is 0.153 e. The monoisotopic (exact) mass is 228 g/mol. The van der Waals surface area contributed by atoms with Gasteiger partial charge < -0.3 is 5.11 Å². The van der Waals surface area contributed by atoms with E-state index in [4.69, 9.17) is 28.3 Å². The van der Waals surface area contributed by atoms with Crippen molar-refractivity contribution in [3.05, 3.63) is 40.6 Å². The summed E-state index contributed by atoms with van der Waals surface area (Å²) in [6, 6.07) is 5.12. The second-order valence-corrected chi connectivity index (χ2v) is 3.56. The Hall–Kier alpha value is -1.19. The van der Waals surface area contributed by atoms with Crippen LogP contribution in [0.25, 0.3) is 5.69 Å².